The molecule has 0 bridgehead atoms. The molecule has 0 unspecified atom stereocenters. The van der Waals surface area contributed by atoms with Crippen LogP contribution in [0.5, 0.6) is 0 Å². The molecule has 0 saturated carbocycles. The second kappa shape index (κ2) is 6.32. The van der Waals surface area contributed by atoms with Crippen molar-refractivity contribution in [2.24, 2.45) is 0 Å². The molecule has 0 aliphatic carbocycles. The second-order valence-corrected chi connectivity index (χ2v) is 5.93. The molecule has 0 saturated heterocycles. The summed E-state index contributed by atoms with van der Waals surface area (Å²) in [5, 5.41) is 3.43. The predicted molar refractivity (Wildman–Crippen MR) is 98.3 cm³/mol. The van der Waals surface area contributed by atoms with Gasteiger partial charge in [-0.15, -0.1) is 0 Å². The fourth-order valence-electron chi connectivity index (χ4n) is 3.23. The number of nitrogens with zero attached hydrogens (tertiary/aromatic N) is 3. The zero-order valence-corrected chi connectivity index (χ0v) is 13.7. The number of aromatic nitrogens is 2. The van der Waals surface area contributed by atoms with Gasteiger partial charge in [0.15, 0.2) is 0 Å². The van der Waals surface area contributed by atoms with E-state index in [1.54, 1.807) is 6.33 Å². The Bertz CT molecular complexity index is 860. The van der Waals surface area contributed by atoms with E-state index in [9.17, 15) is 0 Å². The van der Waals surface area contributed by atoms with E-state index in [-0.39, 0.29) is 0 Å². The van der Waals surface area contributed by atoms with Crippen LogP contribution in [0.15, 0.2) is 60.9 Å². The highest BCUT2D eigenvalue weighted by Crippen LogP contribution is 2.33. The van der Waals surface area contributed by atoms with Crippen molar-refractivity contribution in [2.45, 2.75) is 19.8 Å². The summed E-state index contributed by atoms with van der Waals surface area (Å²) in [6, 6.07) is 18.9. The first-order chi connectivity index (χ1) is 11.8. The van der Waals surface area contributed by atoms with Crippen molar-refractivity contribution in [1.82, 2.24) is 9.97 Å². The van der Waals surface area contributed by atoms with E-state index < -0.39 is 0 Å². The fourth-order valence-corrected chi connectivity index (χ4v) is 3.23. The molecule has 24 heavy (non-hydrogen) atoms. The smallest absolute Gasteiger partial charge is 0.138 e. The third-order valence-corrected chi connectivity index (χ3v) is 4.48. The molecule has 4 nitrogen and oxygen atoms in total. The van der Waals surface area contributed by atoms with E-state index >= 15 is 0 Å². The molecule has 4 rings (SSSR count). The SMILES string of the molecule is CCc1ccccc1Nc1cc(N2CCc3ccccc32)ncn1. The lowest BCUT2D eigenvalue weighted by molar-refractivity contribution is 0.965. The van der Waals surface area contributed by atoms with Gasteiger partial charge in [0.2, 0.25) is 0 Å². The highest BCUT2D eigenvalue weighted by molar-refractivity contribution is 5.70. The number of para-hydroxylation sites is 2. The molecule has 4 heteroatoms. The van der Waals surface area contributed by atoms with Gasteiger partial charge >= 0.3 is 0 Å². The number of benzene rings is 2. The van der Waals surface area contributed by atoms with Crippen LogP contribution in [0.3, 0.4) is 0 Å². The van der Waals surface area contributed by atoms with Crippen molar-refractivity contribution < 1.29 is 0 Å². The second-order valence-electron chi connectivity index (χ2n) is 5.93. The van der Waals surface area contributed by atoms with E-state index in [0.29, 0.717) is 0 Å². The lowest BCUT2D eigenvalue weighted by Crippen LogP contribution is -2.15. The quantitative estimate of drug-likeness (QED) is 0.770. The first kappa shape index (κ1) is 14.7. The summed E-state index contributed by atoms with van der Waals surface area (Å²) in [6.07, 6.45) is 3.68. The number of hydrogen-bond donors (Lipinski definition) is 1. The molecular weight excluding hydrogens is 296 g/mol. The van der Waals surface area contributed by atoms with Gasteiger partial charge in [-0.1, -0.05) is 43.3 Å². The van der Waals surface area contributed by atoms with Crippen LogP contribution in [-0.2, 0) is 12.8 Å². The summed E-state index contributed by atoms with van der Waals surface area (Å²) in [4.78, 5) is 11.1. The molecule has 1 aromatic heterocycles. The van der Waals surface area contributed by atoms with Crippen molar-refractivity contribution in [2.75, 3.05) is 16.8 Å². The first-order valence-corrected chi connectivity index (χ1v) is 8.37. The third-order valence-electron chi connectivity index (χ3n) is 4.48. The van der Waals surface area contributed by atoms with Crippen LogP contribution in [0.2, 0.25) is 0 Å². The highest BCUT2D eigenvalue weighted by Gasteiger charge is 2.21. The lowest BCUT2D eigenvalue weighted by Gasteiger charge is -2.19. The van der Waals surface area contributed by atoms with Gasteiger partial charge in [0.25, 0.3) is 0 Å². The monoisotopic (exact) mass is 316 g/mol. The number of nitrogens with one attached hydrogen (secondary N) is 1. The fraction of sp³-hybridized carbons (Fsp3) is 0.200. The Morgan fingerprint density at radius 1 is 1.04 bits per heavy atom. The van der Waals surface area contributed by atoms with Gasteiger partial charge < -0.3 is 10.2 Å². The minimum Gasteiger partial charge on any atom is -0.340 e. The van der Waals surface area contributed by atoms with Crippen LogP contribution in [0, 0.1) is 0 Å². The summed E-state index contributed by atoms with van der Waals surface area (Å²) in [5.41, 5.74) is 5.01. The molecule has 2 aromatic carbocycles. The Hall–Kier alpha value is -2.88. The van der Waals surface area contributed by atoms with Crippen LogP contribution < -0.4 is 10.2 Å². The molecule has 1 N–H and O–H groups in total. The van der Waals surface area contributed by atoms with E-state index in [1.807, 2.05) is 12.1 Å². The minimum absolute atomic E-state index is 0.824. The van der Waals surface area contributed by atoms with Gasteiger partial charge in [-0.3, -0.25) is 0 Å². The number of fused-ring (bicyclic) bond motifs is 1. The number of hydrogen-bond acceptors (Lipinski definition) is 4. The van der Waals surface area contributed by atoms with Gasteiger partial charge in [-0.25, -0.2) is 9.97 Å². The summed E-state index contributed by atoms with van der Waals surface area (Å²) >= 11 is 0. The van der Waals surface area contributed by atoms with Crippen LogP contribution in [-0.4, -0.2) is 16.5 Å². The summed E-state index contributed by atoms with van der Waals surface area (Å²) in [5.74, 6) is 1.76. The third kappa shape index (κ3) is 2.71. The van der Waals surface area contributed by atoms with Gasteiger partial charge in [0.05, 0.1) is 0 Å². The number of anilines is 4. The Morgan fingerprint density at radius 2 is 1.88 bits per heavy atom. The van der Waals surface area contributed by atoms with E-state index in [4.69, 9.17) is 0 Å². The maximum absolute atomic E-state index is 4.48. The van der Waals surface area contributed by atoms with Crippen LogP contribution >= 0.6 is 0 Å². The molecule has 120 valence electrons. The maximum Gasteiger partial charge on any atom is 0.138 e. The van der Waals surface area contributed by atoms with E-state index in [2.05, 4.69) is 69.6 Å². The average Bonchev–Trinajstić information content (AvgIpc) is 3.06. The Kier molecular flexibility index (Phi) is 3.87. The molecule has 0 fully saturated rings. The van der Waals surface area contributed by atoms with Gasteiger partial charge in [-0.2, -0.15) is 0 Å². The highest BCUT2D eigenvalue weighted by atomic mass is 15.2. The van der Waals surface area contributed by atoms with Gasteiger partial charge in [0, 0.05) is 24.0 Å². The lowest BCUT2D eigenvalue weighted by atomic mass is 10.1. The largest absolute Gasteiger partial charge is 0.340 e. The van der Waals surface area contributed by atoms with Crippen molar-refractivity contribution in [3.8, 4) is 0 Å². The summed E-state index contributed by atoms with van der Waals surface area (Å²) < 4.78 is 0. The number of rotatable bonds is 4. The van der Waals surface area contributed by atoms with Crippen LogP contribution in [0.25, 0.3) is 0 Å². The van der Waals surface area contributed by atoms with Crippen molar-refractivity contribution in [3.63, 3.8) is 0 Å². The molecule has 0 spiro atoms. The molecule has 1 aliphatic heterocycles. The Balaban J connectivity index is 1.63. The summed E-state index contributed by atoms with van der Waals surface area (Å²) in [6.45, 7) is 3.12. The molecule has 0 amide bonds. The zero-order valence-electron chi connectivity index (χ0n) is 13.7. The van der Waals surface area contributed by atoms with Gasteiger partial charge in [0.1, 0.15) is 18.0 Å². The van der Waals surface area contributed by atoms with Gasteiger partial charge in [-0.05, 0) is 36.1 Å². The first-order valence-electron chi connectivity index (χ1n) is 8.37. The van der Waals surface area contributed by atoms with E-state index in [1.165, 1.54) is 16.8 Å². The van der Waals surface area contributed by atoms with Crippen molar-refractivity contribution in [3.05, 3.63) is 72.1 Å². The topological polar surface area (TPSA) is 41.0 Å². The minimum atomic E-state index is 0.824. The molecule has 3 aromatic rings. The van der Waals surface area contributed by atoms with Crippen molar-refractivity contribution >= 4 is 23.0 Å². The molecule has 2 heterocycles. The van der Waals surface area contributed by atoms with Crippen molar-refractivity contribution in [1.29, 1.82) is 0 Å². The molecular formula is C20H20N4. The molecule has 1 aliphatic rings. The molecule has 0 atom stereocenters. The van der Waals surface area contributed by atoms with E-state index in [0.717, 1.165) is 36.7 Å². The number of aryl methyl sites for hydroxylation is 1. The molecule has 0 radical (unpaired) electrons. The predicted octanol–water partition coefficient (Wildman–Crippen LogP) is 4.48. The Labute approximate surface area is 142 Å². The Morgan fingerprint density at radius 3 is 2.79 bits per heavy atom. The normalized spacial score (nSPS) is 13.0. The summed E-state index contributed by atoms with van der Waals surface area (Å²) in [7, 11) is 0. The standard InChI is InChI=1S/C20H20N4/c1-2-15-7-3-5-9-17(15)23-19-13-20(22-14-21-19)24-12-11-16-8-4-6-10-18(16)24/h3-10,13-14H,2,11-12H2,1H3,(H,21,22,23). The average molecular weight is 316 g/mol. The zero-order chi connectivity index (χ0) is 16.4. The van der Waals surface area contributed by atoms with Crippen LogP contribution in [0.4, 0.5) is 23.0 Å². The maximum atomic E-state index is 4.48. The van der Waals surface area contributed by atoms with Crippen LogP contribution in [0.1, 0.15) is 18.1 Å².